The summed E-state index contributed by atoms with van der Waals surface area (Å²) in [6, 6.07) is 6.30. The van der Waals surface area contributed by atoms with Crippen LogP contribution in [0.15, 0.2) is 48.6 Å². The molecule has 1 rings (SSSR count). The number of hydrogen-bond donors (Lipinski definition) is 1. The monoisotopic (exact) mass is 277 g/mol. The Morgan fingerprint density at radius 2 is 1.95 bits per heavy atom. The minimum atomic E-state index is -1.16. The Morgan fingerprint density at radius 1 is 1.30 bits per heavy atom. The van der Waals surface area contributed by atoms with Crippen LogP contribution in [0.25, 0.3) is 0 Å². The van der Waals surface area contributed by atoms with E-state index in [1.807, 2.05) is 0 Å². The number of carbonyl (C=O) groups is 2. The molecular weight excluding hydrogens is 260 g/mol. The van der Waals surface area contributed by atoms with Crippen LogP contribution in [0.5, 0.6) is 5.75 Å². The Bertz CT molecular complexity index is 489. The zero-order chi connectivity index (χ0) is 15.4. The fraction of sp³-hybridized carbons (Fsp3) is 0.200. The number of allylic oxidation sites excluding steroid dienone is 3. The van der Waals surface area contributed by atoms with Crippen LogP contribution in [-0.2, 0) is 9.53 Å². The van der Waals surface area contributed by atoms with E-state index in [2.05, 4.69) is 0 Å². The fourth-order valence-corrected chi connectivity index (χ4v) is 1.10. The molecule has 0 aromatic heterocycles. The highest BCUT2D eigenvalue weighted by Crippen LogP contribution is 2.16. The summed E-state index contributed by atoms with van der Waals surface area (Å²) in [5.74, 6) is -1.70. The van der Waals surface area contributed by atoms with Gasteiger partial charge in [0.15, 0.2) is 0 Å². The van der Waals surface area contributed by atoms with Crippen LogP contribution < -0.4 is 5.11 Å². The third kappa shape index (κ3) is 7.71. The van der Waals surface area contributed by atoms with Crippen molar-refractivity contribution in [2.45, 2.75) is 13.8 Å². The molecule has 108 valence electrons. The third-order valence-electron chi connectivity index (χ3n) is 1.94. The number of hydrogen-bond acceptors (Lipinski definition) is 5. The number of phenolic OH excluding ortho intramolecular Hbond substituents is 1. The van der Waals surface area contributed by atoms with Crippen LogP contribution in [-0.4, -0.2) is 23.7 Å². The van der Waals surface area contributed by atoms with E-state index in [0.717, 1.165) is 6.08 Å². The van der Waals surface area contributed by atoms with Gasteiger partial charge >= 0.3 is 5.97 Å². The van der Waals surface area contributed by atoms with Crippen molar-refractivity contribution in [2.75, 3.05) is 6.61 Å². The topological polar surface area (TPSA) is 86.7 Å². The minimum absolute atomic E-state index is 0.0454. The molecule has 0 aliphatic rings. The van der Waals surface area contributed by atoms with Gasteiger partial charge in [-0.15, -0.1) is 0 Å². The van der Waals surface area contributed by atoms with Crippen molar-refractivity contribution in [1.82, 2.24) is 0 Å². The Morgan fingerprint density at radius 3 is 2.45 bits per heavy atom. The minimum Gasteiger partial charge on any atom is -0.545 e. The van der Waals surface area contributed by atoms with E-state index in [0.29, 0.717) is 6.61 Å². The molecule has 0 unspecified atom stereocenters. The third-order valence-corrected chi connectivity index (χ3v) is 1.94. The first-order valence-electron chi connectivity index (χ1n) is 5.98. The summed E-state index contributed by atoms with van der Waals surface area (Å²) in [6.07, 6.45) is 5.74. The number of rotatable bonds is 4. The number of carboxylic acid groups (broad SMARTS) is 1. The number of carboxylic acids is 1. The first kappa shape index (κ1) is 17.4. The molecule has 0 spiro atoms. The highest BCUT2D eigenvalue weighted by molar-refractivity contribution is 5.92. The Balaban J connectivity index is 0.000000396. The number of esters is 1. The van der Waals surface area contributed by atoms with E-state index in [1.54, 1.807) is 38.1 Å². The molecule has 5 heteroatoms. The van der Waals surface area contributed by atoms with Gasteiger partial charge in [0.05, 0.1) is 12.6 Å². The van der Waals surface area contributed by atoms with Gasteiger partial charge in [-0.25, -0.2) is 4.79 Å². The molecule has 0 bridgehead atoms. The van der Waals surface area contributed by atoms with Gasteiger partial charge in [-0.1, -0.05) is 30.4 Å². The fourth-order valence-electron chi connectivity index (χ4n) is 1.10. The van der Waals surface area contributed by atoms with Crippen LogP contribution in [0.3, 0.4) is 0 Å². The van der Waals surface area contributed by atoms with Crippen molar-refractivity contribution >= 4 is 11.9 Å². The number of aromatic hydroxyl groups is 1. The second-order valence-corrected chi connectivity index (χ2v) is 3.44. The van der Waals surface area contributed by atoms with Gasteiger partial charge in [0.2, 0.25) is 0 Å². The molecule has 1 N–H and O–H groups in total. The Hall–Kier alpha value is -2.56. The molecule has 0 heterocycles. The molecule has 1 aromatic carbocycles. The van der Waals surface area contributed by atoms with Gasteiger partial charge in [-0.05, 0) is 32.1 Å². The van der Waals surface area contributed by atoms with E-state index in [1.165, 1.54) is 18.2 Å². The average molecular weight is 277 g/mol. The van der Waals surface area contributed by atoms with Gasteiger partial charge in [0.1, 0.15) is 11.3 Å². The summed E-state index contributed by atoms with van der Waals surface area (Å²) in [5.41, 5.74) is 0.208. The SMILES string of the molecule is C/C=C/C=C/C(=O)[O-].CCOC(=O)c1ccccc1O. The number of aliphatic carboxylic acids is 1. The smallest absolute Gasteiger partial charge is 0.341 e. The number of phenols is 1. The van der Waals surface area contributed by atoms with Crippen LogP contribution in [0, 0.1) is 0 Å². The predicted octanol–water partition coefficient (Wildman–Crippen LogP) is 1.44. The van der Waals surface area contributed by atoms with E-state index in [-0.39, 0.29) is 11.3 Å². The maximum absolute atomic E-state index is 11.1. The number of benzene rings is 1. The summed E-state index contributed by atoms with van der Waals surface area (Å²) < 4.78 is 4.71. The lowest BCUT2D eigenvalue weighted by molar-refractivity contribution is -0.297. The van der Waals surface area contributed by atoms with Gasteiger partial charge in [-0.3, -0.25) is 0 Å². The molecule has 0 fully saturated rings. The normalized spacial score (nSPS) is 10.1. The molecule has 0 aliphatic carbocycles. The molecular formula is C15H17O5-. The Kier molecular flexibility index (Phi) is 9.04. The van der Waals surface area contributed by atoms with Gasteiger partial charge in [0.25, 0.3) is 0 Å². The number of carbonyl (C=O) groups excluding carboxylic acids is 2. The first-order valence-corrected chi connectivity index (χ1v) is 5.98. The second kappa shape index (κ2) is 10.4. The average Bonchev–Trinajstić information content (AvgIpc) is 2.40. The lowest BCUT2D eigenvalue weighted by Crippen LogP contribution is -2.18. The quantitative estimate of drug-likeness (QED) is 0.511. The molecule has 1 aromatic rings. The van der Waals surface area contributed by atoms with Crippen molar-refractivity contribution in [1.29, 1.82) is 0 Å². The van der Waals surface area contributed by atoms with Crippen molar-refractivity contribution in [3.05, 3.63) is 54.1 Å². The van der Waals surface area contributed by atoms with Crippen molar-refractivity contribution < 1.29 is 24.5 Å². The van der Waals surface area contributed by atoms with E-state index in [4.69, 9.17) is 4.74 Å². The van der Waals surface area contributed by atoms with E-state index >= 15 is 0 Å². The highest BCUT2D eigenvalue weighted by atomic mass is 16.5. The van der Waals surface area contributed by atoms with Gasteiger partial charge < -0.3 is 19.7 Å². The van der Waals surface area contributed by atoms with Crippen LogP contribution in [0.2, 0.25) is 0 Å². The zero-order valence-electron chi connectivity index (χ0n) is 11.4. The lowest BCUT2D eigenvalue weighted by atomic mass is 10.2. The van der Waals surface area contributed by atoms with E-state index in [9.17, 15) is 19.8 Å². The van der Waals surface area contributed by atoms with Crippen molar-refractivity contribution in [3.63, 3.8) is 0 Å². The highest BCUT2D eigenvalue weighted by Gasteiger charge is 2.09. The molecule has 5 nitrogen and oxygen atoms in total. The first-order chi connectivity index (χ1) is 9.52. The molecule has 0 aliphatic heterocycles. The zero-order valence-corrected chi connectivity index (χ0v) is 11.4. The standard InChI is InChI=1S/C9H10O3.C6H8O2/c1-2-12-9(11)7-5-3-4-6-8(7)10;1-2-3-4-5-6(7)8/h3-6,10H,2H2,1H3;2-5H,1H3,(H,7,8)/p-1/b;3-2+,5-4+. The Labute approximate surface area is 117 Å². The van der Waals surface area contributed by atoms with Gasteiger partial charge in [-0.2, -0.15) is 0 Å². The lowest BCUT2D eigenvalue weighted by Gasteiger charge is -2.02. The van der Waals surface area contributed by atoms with Crippen molar-refractivity contribution in [2.24, 2.45) is 0 Å². The number of ether oxygens (including phenoxy) is 1. The molecule has 0 saturated heterocycles. The predicted molar refractivity (Wildman–Crippen MR) is 73.0 cm³/mol. The molecule has 0 radical (unpaired) electrons. The number of para-hydroxylation sites is 1. The molecule has 0 amide bonds. The van der Waals surface area contributed by atoms with Crippen LogP contribution in [0.4, 0.5) is 0 Å². The van der Waals surface area contributed by atoms with Crippen LogP contribution in [0.1, 0.15) is 24.2 Å². The van der Waals surface area contributed by atoms with E-state index < -0.39 is 11.9 Å². The van der Waals surface area contributed by atoms with Gasteiger partial charge in [0, 0.05) is 0 Å². The molecule has 0 atom stereocenters. The summed E-state index contributed by atoms with van der Waals surface area (Å²) >= 11 is 0. The molecule has 20 heavy (non-hydrogen) atoms. The summed E-state index contributed by atoms with van der Waals surface area (Å²) in [4.78, 5) is 20.7. The van der Waals surface area contributed by atoms with Crippen molar-refractivity contribution in [3.8, 4) is 5.75 Å². The largest absolute Gasteiger partial charge is 0.545 e. The van der Waals surface area contributed by atoms with Crippen LogP contribution >= 0.6 is 0 Å². The molecule has 0 saturated carbocycles. The summed E-state index contributed by atoms with van der Waals surface area (Å²) in [6.45, 7) is 3.84. The second-order valence-electron chi connectivity index (χ2n) is 3.44. The summed E-state index contributed by atoms with van der Waals surface area (Å²) in [7, 11) is 0. The maximum atomic E-state index is 11.1. The summed E-state index contributed by atoms with van der Waals surface area (Å²) in [5, 5.41) is 18.8. The maximum Gasteiger partial charge on any atom is 0.341 e.